The van der Waals surface area contributed by atoms with Gasteiger partial charge in [-0.1, -0.05) is 43.3 Å². The fourth-order valence-corrected chi connectivity index (χ4v) is 1.95. The first-order chi connectivity index (χ1) is 8.27. The van der Waals surface area contributed by atoms with E-state index in [0.29, 0.717) is 0 Å². The zero-order valence-electron chi connectivity index (χ0n) is 10.2. The minimum atomic E-state index is 0. The number of hydrogen-bond donors (Lipinski definition) is 1. The van der Waals surface area contributed by atoms with E-state index in [2.05, 4.69) is 6.07 Å². The van der Waals surface area contributed by atoms with Crippen molar-refractivity contribution < 1.29 is 4.79 Å². The predicted molar refractivity (Wildman–Crippen MR) is 78.5 cm³/mol. The molecule has 0 spiro atoms. The zero-order valence-corrected chi connectivity index (χ0v) is 11.0. The number of ketones is 1. The number of rotatable bonds is 0. The standard InChI is InChI=1S/C13H8O.C2H7N.ClH/c14-13-7-3-6-11-10-5-2-1-4-9(10)8-12(11)13;1-2-3;/h1-8H;2-3H2,1H3;1H. The first-order valence-corrected chi connectivity index (χ1v) is 5.72. The van der Waals surface area contributed by atoms with E-state index in [1.165, 1.54) is 5.56 Å². The minimum Gasteiger partial charge on any atom is -0.331 e. The summed E-state index contributed by atoms with van der Waals surface area (Å²) in [7, 11) is 0. The van der Waals surface area contributed by atoms with Crippen molar-refractivity contribution in [3.05, 3.63) is 59.2 Å². The Morgan fingerprint density at radius 2 is 1.83 bits per heavy atom. The third kappa shape index (κ3) is 2.61. The van der Waals surface area contributed by atoms with E-state index in [9.17, 15) is 4.79 Å². The van der Waals surface area contributed by atoms with E-state index in [1.807, 2.05) is 43.4 Å². The normalized spacial score (nSPS) is 14.4. The van der Waals surface area contributed by atoms with Crippen LogP contribution in [-0.4, -0.2) is 12.3 Å². The monoisotopic (exact) mass is 261 g/mol. The molecule has 18 heavy (non-hydrogen) atoms. The van der Waals surface area contributed by atoms with Crippen LogP contribution in [0.2, 0.25) is 0 Å². The predicted octanol–water partition coefficient (Wildman–Crippen LogP) is 2.99. The van der Waals surface area contributed by atoms with Gasteiger partial charge in [0.05, 0.1) is 0 Å². The minimum absolute atomic E-state index is 0. The number of fused-ring (bicyclic) bond motifs is 3. The Kier molecular flexibility index (Phi) is 5.08. The Morgan fingerprint density at radius 3 is 2.56 bits per heavy atom. The quantitative estimate of drug-likeness (QED) is 0.780. The second-order valence-electron chi connectivity index (χ2n) is 3.86. The molecule has 2 aliphatic carbocycles. The van der Waals surface area contributed by atoms with Crippen LogP contribution in [0.4, 0.5) is 0 Å². The van der Waals surface area contributed by atoms with Gasteiger partial charge in [-0.25, -0.2) is 0 Å². The van der Waals surface area contributed by atoms with Crippen molar-refractivity contribution in [3.63, 3.8) is 0 Å². The first kappa shape index (κ1) is 14.4. The lowest BCUT2D eigenvalue weighted by atomic mass is 9.96. The van der Waals surface area contributed by atoms with Crippen molar-refractivity contribution in [2.75, 3.05) is 6.54 Å². The molecule has 2 N–H and O–H groups in total. The first-order valence-electron chi connectivity index (χ1n) is 5.72. The highest BCUT2D eigenvalue weighted by molar-refractivity contribution is 6.23. The van der Waals surface area contributed by atoms with Gasteiger partial charge in [0.2, 0.25) is 0 Å². The number of allylic oxidation sites excluding steroid dienone is 5. The van der Waals surface area contributed by atoms with E-state index < -0.39 is 0 Å². The molecular formula is C15H16ClNO. The molecule has 1 aromatic rings. The van der Waals surface area contributed by atoms with Gasteiger partial charge in [-0.15, -0.1) is 12.4 Å². The molecule has 0 saturated carbocycles. The van der Waals surface area contributed by atoms with Crippen molar-refractivity contribution >= 4 is 29.8 Å². The molecule has 0 saturated heterocycles. The third-order valence-electron chi connectivity index (χ3n) is 2.62. The Bertz CT molecular complexity index is 541. The summed E-state index contributed by atoms with van der Waals surface area (Å²) in [6.45, 7) is 2.65. The summed E-state index contributed by atoms with van der Waals surface area (Å²) in [6.07, 6.45) is 7.39. The molecule has 94 valence electrons. The number of carbonyl (C=O) groups excluding carboxylic acids is 1. The molecule has 0 aromatic heterocycles. The molecule has 0 aliphatic heterocycles. The zero-order chi connectivity index (χ0) is 12.3. The van der Waals surface area contributed by atoms with E-state index in [4.69, 9.17) is 5.73 Å². The number of halogens is 1. The molecule has 0 amide bonds. The van der Waals surface area contributed by atoms with Gasteiger partial charge in [0, 0.05) is 5.57 Å². The number of nitrogens with two attached hydrogens (primary N) is 1. The average molecular weight is 262 g/mol. The highest BCUT2D eigenvalue weighted by atomic mass is 35.5. The maximum Gasteiger partial charge on any atom is 0.186 e. The van der Waals surface area contributed by atoms with Crippen LogP contribution in [-0.2, 0) is 4.79 Å². The van der Waals surface area contributed by atoms with E-state index in [0.717, 1.165) is 23.3 Å². The van der Waals surface area contributed by atoms with Gasteiger partial charge in [-0.3, -0.25) is 4.79 Å². The maximum atomic E-state index is 11.5. The van der Waals surface area contributed by atoms with Crippen molar-refractivity contribution in [3.8, 4) is 0 Å². The Balaban J connectivity index is 0.000000372. The fraction of sp³-hybridized carbons (Fsp3) is 0.133. The summed E-state index contributed by atoms with van der Waals surface area (Å²) in [5.41, 5.74) is 9.05. The maximum absolute atomic E-state index is 11.5. The molecule has 0 heterocycles. The lowest BCUT2D eigenvalue weighted by Crippen LogP contribution is -2.00. The molecule has 0 atom stereocenters. The molecule has 0 unspecified atom stereocenters. The second kappa shape index (κ2) is 6.34. The Morgan fingerprint density at radius 1 is 1.17 bits per heavy atom. The molecule has 3 rings (SSSR count). The van der Waals surface area contributed by atoms with Crippen LogP contribution in [0.3, 0.4) is 0 Å². The lowest BCUT2D eigenvalue weighted by Gasteiger charge is -2.06. The SMILES string of the molecule is CCN.Cl.O=C1C=CC=C2C1=Cc1ccccc12. The molecule has 0 bridgehead atoms. The van der Waals surface area contributed by atoms with Gasteiger partial charge < -0.3 is 5.73 Å². The van der Waals surface area contributed by atoms with E-state index >= 15 is 0 Å². The third-order valence-corrected chi connectivity index (χ3v) is 2.62. The summed E-state index contributed by atoms with van der Waals surface area (Å²) in [4.78, 5) is 11.5. The van der Waals surface area contributed by atoms with Gasteiger partial charge in [-0.05, 0) is 35.4 Å². The van der Waals surface area contributed by atoms with Gasteiger partial charge in [0.25, 0.3) is 0 Å². The smallest absolute Gasteiger partial charge is 0.186 e. The van der Waals surface area contributed by atoms with Crippen molar-refractivity contribution in [2.45, 2.75) is 6.92 Å². The molecule has 0 radical (unpaired) electrons. The van der Waals surface area contributed by atoms with Crippen LogP contribution in [0, 0.1) is 0 Å². The van der Waals surface area contributed by atoms with Crippen molar-refractivity contribution in [1.82, 2.24) is 0 Å². The lowest BCUT2D eigenvalue weighted by molar-refractivity contribution is -0.110. The summed E-state index contributed by atoms with van der Waals surface area (Å²) in [5.74, 6) is 0.110. The Hall–Kier alpha value is -1.64. The molecule has 2 aliphatic rings. The van der Waals surface area contributed by atoms with Crippen molar-refractivity contribution in [1.29, 1.82) is 0 Å². The van der Waals surface area contributed by atoms with Crippen LogP contribution in [0.25, 0.3) is 11.6 Å². The van der Waals surface area contributed by atoms with Crippen LogP contribution in [0.1, 0.15) is 18.1 Å². The molecule has 3 heteroatoms. The molecule has 2 nitrogen and oxygen atoms in total. The highest BCUT2D eigenvalue weighted by Crippen LogP contribution is 2.37. The van der Waals surface area contributed by atoms with Gasteiger partial charge in [-0.2, -0.15) is 0 Å². The topological polar surface area (TPSA) is 43.1 Å². The summed E-state index contributed by atoms with van der Waals surface area (Å²) >= 11 is 0. The van der Waals surface area contributed by atoms with Gasteiger partial charge in [0.1, 0.15) is 0 Å². The largest absolute Gasteiger partial charge is 0.331 e. The van der Waals surface area contributed by atoms with Crippen molar-refractivity contribution in [2.24, 2.45) is 5.73 Å². The summed E-state index contributed by atoms with van der Waals surface area (Å²) in [6, 6.07) is 8.08. The fourth-order valence-electron chi connectivity index (χ4n) is 1.95. The second-order valence-corrected chi connectivity index (χ2v) is 3.86. The number of benzene rings is 1. The molecule has 1 aromatic carbocycles. The van der Waals surface area contributed by atoms with E-state index in [1.54, 1.807) is 6.08 Å². The molecular weight excluding hydrogens is 246 g/mol. The number of carbonyl (C=O) groups is 1. The van der Waals surface area contributed by atoms with Gasteiger partial charge >= 0.3 is 0 Å². The Labute approximate surface area is 113 Å². The molecule has 0 fully saturated rings. The van der Waals surface area contributed by atoms with Crippen LogP contribution >= 0.6 is 12.4 Å². The van der Waals surface area contributed by atoms with Crippen LogP contribution in [0.5, 0.6) is 0 Å². The highest BCUT2D eigenvalue weighted by Gasteiger charge is 2.23. The van der Waals surface area contributed by atoms with Crippen LogP contribution < -0.4 is 5.73 Å². The summed E-state index contributed by atoms with van der Waals surface area (Å²) in [5, 5.41) is 0. The van der Waals surface area contributed by atoms with E-state index in [-0.39, 0.29) is 18.2 Å². The average Bonchev–Trinajstić information content (AvgIpc) is 2.71. The van der Waals surface area contributed by atoms with Crippen LogP contribution in [0.15, 0.2) is 48.1 Å². The van der Waals surface area contributed by atoms with Gasteiger partial charge in [0.15, 0.2) is 5.78 Å². The number of hydrogen-bond acceptors (Lipinski definition) is 2. The summed E-state index contributed by atoms with van der Waals surface area (Å²) < 4.78 is 0.